The monoisotopic (exact) mass is 301 g/mol. The Morgan fingerprint density at radius 2 is 1.75 bits per heavy atom. The molecule has 1 rings (SSSR count). The Labute approximate surface area is 121 Å². The van der Waals surface area contributed by atoms with Gasteiger partial charge in [-0.25, -0.2) is 13.1 Å². The summed E-state index contributed by atoms with van der Waals surface area (Å²) in [5, 5.41) is 0. The first kappa shape index (κ1) is 16.8. The smallest absolute Gasteiger partial charge is 0.244 e. The van der Waals surface area contributed by atoms with Crippen molar-refractivity contribution in [2.24, 2.45) is 5.41 Å². The van der Waals surface area contributed by atoms with Gasteiger partial charge in [0, 0.05) is 12.1 Å². The molecule has 0 heterocycles. The number of ether oxygens (including phenoxy) is 2. The predicted molar refractivity (Wildman–Crippen MR) is 78.8 cm³/mol. The zero-order chi connectivity index (χ0) is 15.6. The van der Waals surface area contributed by atoms with Crippen molar-refractivity contribution in [1.29, 1.82) is 0 Å². The third-order valence-corrected chi connectivity index (χ3v) is 4.85. The maximum absolute atomic E-state index is 12.5. The van der Waals surface area contributed by atoms with Crippen molar-refractivity contribution in [2.45, 2.75) is 38.6 Å². The first-order valence-electron chi connectivity index (χ1n) is 6.36. The topological polar surface area (TPSA) is 64.6 Å². The van der Waals surface area contributed by atoms with Gasteiger partial charge in [-0.2, -0.15) is 0 Å². The van der Waals surface area contributed by atoms with E-state index in [-0.39, 0.29) is 16.4 Å². The van der Waals surface area contributed by atoms with Crippen molar-refractivity contribution in [3.05, 3.63) is 18.2 Å². The molecule has 0 saturated carbocycles. The Hall–Kier alpha value is -1.27. The van der Waals surface area contributed by atoms with E-state index in [4.69, 9.17) is 9.47 Å². The van der Waals surface area contributed by atoms with E-state index < -0.39 is 10.0 Å². The van der Waals surface area contributed by atoms with Crippen molar-refractivity contribution >= 4 is 10.0 Å². The van der Waals surface area contributed by atoms with Gasteiger partial charge in [0.2, 0.25) is 10.0 Å². The van der Waals surface area contributed by atoms with Crippen molar-refractivity contribution in [3.8, 4) is 11.5 Å². The Kier molecular flexibility index (Phi) is 5.05. The highest BCUT2D eigenvalue weighted by Gasteiger charge is 2.28. The number of nitrogens with one attached hydrogen (secondary N) is 1. The highest BCUT2D eigenvalue weighted by molar-refractivity contribution is 7.89. The summed E-state index contributed by atoms with van der Waals surface area (Å²) in [6.07, 6.45) is 0. The fourth-order valence-electron chi connectivity index (χ4n) is 1.47. The molecule has 0 amide bonds. The highest BCUT2D eigenvalue weighted by Crippen LogP contribution is 2.29. The molecule has 0 aliphatic heterocycles. The van der Waals surface area contributed by atoms with E-state index in [0.29, 0.717) is 11.5 Å². The minimum Gasteiger partial charge on any atom is -0.497 e. The van der Waals surface area contributed by atoms with Crippen LogP contribution in [0, 0.1) is 5.41 Å². The van der Waals surface area contributed by atoms with Crippen molar-refractivity contribution < 1.29 is 17.9 Å². The van der Waals surface area contributed by atoms with Crippen molar-refractivity contribution in [1.82, 2.24) is 4.72 Å². The average molecular weight is 301 g/mol. The molecule has 1 aromatic carbocycles. The summed E-state index contributed by atoms with van der Waals surface area (Å²) in [6.45, 7) is 7.76. The number of sulfonamides is 1. The van der Waals surface area contributed by atoms with Crippen LogP contribution in [-0.4, -0.2) is 28.7 Å². The molecule has 0 spiro atoms. The Morgan fingerprint density at radius 3 is 2.20 bits per heavy atom. The molecule has 0 bridgehead atoms. The van der Waals surface area contributed by atoms with E-state index in [1.54, 1.807) is 12.1 Å². The van der Waals surface area contributed by atoms with Crippen LogP contribution in [0.15, 0.2) is 23.1 Å². The second-order valence-corrected chi connectivity index (χ2v) is 7.41. The number of rotatable bonds is 5. The van der Waals surface area contributed by atoms with E-state index in [2.05, 4.69) is 4.72 Å². The van der Waals surface area contributed by atoms with Gasteiger partial charge in [0.05, 0.1) is 14.2 Å². The Balaban J connectivity index is 3.21. The molecule has 5 nitrogen and oxygen atoms in total. The number of hydrogen-bond donors (Lipinski definition) is 1. The first-order valence-corrected chi connectivity index (χ1v) is 7.84. The van der Waals surface area contributed by atoms with E-state index in [1.165, 1.54) is 20.3 Å². The maximum atomic E-state index is 12.5. The summed E-state index contributed by atoms with van der Waals surface area (Å²) in [5.74, 6) is 0.758. The molecule has 1 N–H and O–H groups in total. The normalized spacial score (nSPS) is 13.9. The maximum Gasteiger partial charge on any atom is 0.244 e. The third-order valence-electron chi connectivity index (χ3n) is 3.29. The molecule has 0 aliphatic carbocycles. The van der Waals surface area contributed by atoms with Crippen molar-refractivity contribution in [2.75, 3.05) is 14.2 Å². The SMILES string of the molecule is COc1ccc(OC)c(S(=O)(=O)NC(C)C(C)(C)C)c1. The van der Waals surface area contributed by atoms with E-state index >= 15 is 0 Å². The minimum absolute atomic E-state index is 0.0791. The second kappa shape index (κ2) is 6.01. The minimum atomic E-state index is -3.67. The highest BCUT2D eigenvalue weighted by atomic mass is 32.2. The summed E-state index contributed by atoms with van der Waals surface area (Å²) in [7, 11) is -0.745. The van der Waals surface area contributed by atoms with Crippen LogP contribution in [0.5, 0.6) is 11.5 Å². The van der Waals surface area contributed by atoms with Crippen LogP contribution in [0.25, 0.3) is 0 Å². The zero-order valence-electron chi connectivity index (χ0n) is 12.9. The fraction of sp³-hybridized carbons (Fsp3) is 0.571. The van der Waals surface area contributed by atoms with Gasteiger partial charge in [-0.05, 0) is 24.5 Å². The molecular formula is C14H23NO4S. The van der Waals surface area contributed by atoms with Gasteiger partial charge in [-0.1, -0.05) is 20.8 Å². The molecule has 114 valence electrons. The molecule has 0 saturated heterocycles. The van der Waals surface area contributed by atoms with Crippen molar-refractivity contribution in [3.63, 3.8) is 0 Å². The Morgan fingerprint density at radius 1 is 1.15 bits per heavy atom. The standard InChI is InChI=1S/C14H23NO4S/c1-10(14(2,3)4)15-20(16,17)13-9-11(18-5)7-8-12(13)19-6/h7-10,15H,1-6H3. The lowest BCUT2D eigenvalue weighted by atomic mass is 9.89. The molecule has 1 unspecified atom stereocenters. The van der Waals surface area contributed by atoms with Gasteiger partial charge in [0.1, 0.15) is 16.4 Å². The lowest BCUT2D eigenvalue weighted by molar-refractivity contribution is 0.317. The molecule has 0 aromatic heterocycles. The number of methoxy groups -OCH3 is 2. The molecule has 1 atom stereocenters. The molecular weight excluding hydrogens is 278 g/mol. The average Bonchev–Trinajstić information content (AvgIpc) is 2.36. The predicted octanol–water partition coefficient (Wildman–Crippen LogP) is 2.42. The largest absolute Gasteiger partial charge is 0.497 e. The molecule has 6 heteroatoms. The second-order valence-electron chi connectivity index (χ2n) is 5.73. The fourth-order valence-corrected chi connectivity index (χ4v) is 3.10. The zero-order valence-corrected chi connectivity index (χ0v) is 13.7. The number of hydrogen-bond acceptors (Lipinski definition) is 4. The Bertz CT molecular complexity index is 561. The summed E-state index contributed by atoms with van der Waals surface area (Å²) in [5.41, 5.74) is -0.181. The summed E-state index contributed by atoms with van der Waals surface area (Å²) in [6, 6.07) is 4.47. The third kappa shape index (κ3) is 3.86. The van der Waals surface area contributed by atoms with Gasteiger partial charge in [-0.15, -0.1) is 0 Å². The van der Waals surface area contributed by atoms with Crippen LogP contribution in [0.4, 0.5) is 0 Å². The van der Waals surface area contributed by atoms with Gasteiger partial charge in [-0.3, -0.25) is 0 Å². The summed E-state index contributed by atoms with van der Waals surface area (Å²) < 4.78 is 37.9. The van der Waals surface area contributed by atoms with Crippen LogP contribution in [-0.2, 0) is 10.0 Å². The van der Waals surface area contributed by atoms with E-state index in [9.17, 15) is 8.42 Å². The molecule has 0 fully saturated rings. The van der Waals surface area contributed by atoms with Gasteiger partial charge < -0.3 is 9.47 Å². The van der Waals surface area contributed by atoms with Crippen LogP contribution in [0.1, 0.15) is 27.7 Å². The number of benzene rings is 1. The van der Waals surface area contributed by atoms with Gasteiger partial charge in [0.15, 0.2) is 0 Å². The summed E-state index contributed by atoms with van der Waals surface area (Å²) >= 11 is 0. The van der Waals surface area contributed by atoms with Crippen LogP contribution in [0.3, 0.4) is 0 Å². The van der Waals surface area contributed by atoms with Gasteiger partial charge in [0.25, 0.3) is 0 Å². The lowest BCUT2D eigenvalue weighted by Gasteiger charge is -2.28. The van der Waals surface area contributed by atoms with Gasteiger partial charge >= 0.3 is 0 Å². The van der Waals surface area contributed by atoms with E-state index in [1.807, 2.05) is 27.7 Å². The molecule has 0 aliphatic rings. The van der Waals surface area contributed by atoms with Crippen LogP contribution < -0.4 is 14.2 Å². The molecule has 1 aromatic rings. The quantitative estimate of drug-likeness (QED) is 0.907. The molecule has 0 radical (unpaired) electrons. The molecule has 20 heavy (non-hydrogen) atoms. The first-order chi connectivity index (χ1) is 9.11. The van der Waals surface area contributed by atoms with Crippen LogP contribution >= 0.6 is 0 Å². The van der Waals surface area contributed by atoms with E-state index in [0.717, 1.165) is 0 Å². The summed E-state index contributed by atoms with van der Waals surface area (Å²) in [4.78, 5) is 0.0791. The lowest BCUT2D eigenvalue weighted by Crippen LogP contribution is -2.41. The van der Waals surface area contributed by atoms with Crippen LogP contribution in [0.2, 0.25) is 0 Å².